The molecule has 0 atom stereocenters. The third-order valence-electron chi connectivity index (χ3n) is 3.84. The first-order valence-electron chi connectivity index (χ1n) is 7.44. The number of halogens is 1. The van der Waals surface area contributed by atoms with E-state index in [1.807, 2.05) is 61.7 Å². The minimum atomic E-state index is -0.120. The maximum Gasteiger partial charge on any atom is 0.244 e. The highest BCUT2D eigenvalue weighted by molar-refractivity contribution is 6.34. The lowest BCUT2D eigenvalue weighted by atomic mass is 10.1. The number of hydrogen-bond donors (Lipinski definition) is 1. The SMILES string of the molecule is Cc1cc(C)c(NC(=O)Cn2c(C)nc3ccccc32)c(Cl)c1. The van der Waals surface area contributed by atoms with Gasteiger partial charge in [-0.05, 0) is 50.1 Å². The number of aromatic nitrogens is 2. The average Bonchev–Trinajstić information content (AvgIpc) is 2.79. The summed E-state index contributed by atoms with van der Waals surface area (Å²) in [6.07, 6.45) is 0. The maximum absolute atomic E-state index is 12.4. The summed E-state index contributed by atoms with van der Waals surface area (Å²) in [6.45, 7) is 6.02. The summed E-state index contributed by atoms with van der Waals surface area (Å²) in [5, 5.41) is 3.47. The first-order chi connectivity index (χ1) is 11.0. The number of nitrogens with zero attached hydrogens (tertiary/aromatic N) is 2. The van der Waals surface area contributed by atoms with Crippen LogP contribution in [-0.2, 0) is 11.3 Å². The van der Waals surface area contributed by atoms with E-state index in [-0.39, 0.29) is 12.5 Å². The molecule has 1 heterocycles. The first-order valence-corrected chi connectivity index (χ1v) is 7.82. The van der Waals surface area contributed by atoms with Gasteiger partial charge in [0.2, 0.25) is 5.91 Å². The predicted octanol–water partition coefficient (Wildman–Crippen LogP) is 4.25. The second kappa shape index (κ2) is 6.05. The van der Waals surface area contributed by atoms with E-state index in [1.165, 1.54) is 0 Å². The van der Waals surface area contributed by atoms with Crippen molar-refractivity contribution in [2.24, 2.45) is 0 Å². The van der Waals surface area contributed by atoms with Crippen LogP contribution in [0.25, 0.3) is 11.0 Å². The molecule has 1 aromatic heterocycles. The molecule has 23 heavy (non-hydrogen) atoms. The van der Waals surface area contributed by atoms with Crippen molar-refractivity contribution in [3.05, 3.63) is 58.4 Å². The zero-order chi connectivity index (χ0) is 16.6. The molecule has 0 fully saturated rings. The fraction of sp³-hybridized carbons (Fsp3) is 0.222. The van der Waals surface area contributed by atoms with Gasteiger partial charge in [-0.2, -0.15) is 0 Å². The quantitative estimate of drug-likeness (QED) is 0.781. The molecule has 0 aliphatic rings. The van der Waals surface area contributed by atoms with Gasteiger partial charge in [-0.1, -0.05) is 29.8 Å². The molecular formula is C18H18ClN3O. The lowest BCUT2D eigenvalue weighted by Gasteiger charge is -2.13. The molecule has 1 amide bonds. The van der Waals surface area contributed by atoms with Crippen molar-refractivity contribution in [2.45, 2.75) is 27.3 Å². The van der Waals surface area contributed by atoms with E-state index in [9.17, 15) is 4.79 Å². The second-order valence-electron chi connectivity index (χ2n) is 5.72. The summed E-state index contributed by atoms with van der Waals surface area (Å²) >= 11 is 6.25. The van der Waals surface area contributed by atoms with Crippen LogP contribution in [0, 0.1) is 20.8 Å². The van der Waals surface area contributed by atoms with Crippen molar-refractivity contribution in [1.29, 1.82) is 0 Å². The van der Waals surface area contributed by atoms with Crippen molar-refractivity contribution < 1.29 is 4.79 Å². The van der Waals surface area contributed by atoms with E-state index in [0.29, 0.717) is 10.7 Å². The number of benzene rings is 2. The number of imidazole rings is 1. The molecule has 4 nitrogen and oxygen atoms in total. The van der Waals surface area contributed by atoms with Gasteiger partial charge in [-0.15, -0.1) is 0 Å². The van der Waals surface area contributed by atoms with Crippen molar-refractivity contribution in [3.63, 3.8) is 0 Å². The zero-order valence-corrected chi connectivity index (χ0v) is 14.1. The molecule has 0 spiro atoms. The van der Waals surface area contributed by atoms with Crippen LogP contribution in [-0.4, -0.2) is 15.5 Å². The summed E-state index contributed by atoms with van der Waals surface area (Å²) < 4.78 is 1.90. The molecule has 118 valence electrons. The van der Waals surface area contributed by atoms with Gasteiger partial charge in [0, 0.05) is 0 Å². The van der Waals surface area contributed by atoms with Crippen LogP contribution in [0.1, 0.15) is 17.0 Å². The number of amides is 1. The number of aryl methyl sites for hydroxylation is 3. The average molecular weight is 328 g/mol. The number of hydrogen-bond acceptors (Lipinski definition) is 2. The Morgan fingerprint density at radius 1 is 1.22 bits per heavy atom. The molecule has 3 rings (SSSR count). The molecule has 0 saturated heterocycles. The highest BCUT2D eigenvalue weighted by Crippen LogP contribution is 2.27. The molecule has 2 aromatic carbocycles. The van der Waals surface area contributed by atoms with Crippen molar-refractivity contribution in [1.82, 2.24) is 9.55 Å². The number of rotatable bonds is 3. The van der Waals surface area contributed by atoms with Crippen LogP contribution in [0.5, 0.6) is 0 Å². The Morgan fingerprint density at radius 2 is 1.96 bits per heavy atom. The van der Waals surface area contributed by atoms with Crippen LogP contribution in [0.4, 0.5) is 5.69 Å². The van der Waals surface area contributed by atoms with Crippen LogP contribution in [0.3, 0.4) is 0 Å². The van der Waals surface area contributed by atoms with Crippen molar-refractivity contribution >= 4 is 34.2 Å². The Hall–Kier alpha value is -2.33. The minimum absolute atomic E-state index is 0.120. The maximum atomic E-state index is 12.4. The van der Waals surface area contributed by atoms with Gasteiger partial charge in [-0.3, -0.25) is 4.79 Å². The van der Waals surface area contributed by atoms with Crippen LogP contribution in [0.15, 0.2) is 36.4 Å². The van der Waals surface area contributed by atoms with E-state index >= 15 is 0 Å². The molecule has 0 bridgehead atoms. The summed E-state index contributed by atoms with van der Waals surface area (Å²) in [4.78, 5) is 16.9. The third kappa shape index (κ3) is 3.08. The lowest BCUT2D eigenvalue weighted by molar-refractivity contribution is -0.116. The second-order valence-corrected chi connectivity index (χ2v) is 6.13. The molecule has 0 saturated carbocycles. The topological polar surface area (TPSA) is 46.9 Å². The monoisotopic (exact) mass is 327 g/mol. The highest BCUT2D eigenvalue weighted by Gasteiger charge is 2.13. The summed E-state index contributed by atoms with van der Waals surface area (Å²) in [5.74, 6) is 0.693. The third-order valence-corrected chi connectivity index (χ3v) is 4.14. The van der Waals surface area contributed by atoms with Gasteiger partial charge < -0.3 is 9.88 Å². The van der Waals surface area contributed by atoms with E-state index in [1.54, 1.807) is 0 Å². The number of fused-ring (bicyclic) bond motifs is 1. The van der Waals surface area contributed by atoms with E-state index in [0.717, 1.165) is 28.0 Å². The Labute approximate surface area is 140 Å². The smallest absolute Gasteiger partial charge is 0.244 e. The molecule has 1 N–H and O–H groups in total. The summed E-state index contributed by atoms with van der Waals surface area (Å²) in [7, 11) is 0. The molecule has 5 heteroatoms. The van der Waals surface area contributed by atoms with Crippen molar-refractivity contribution in [2.75, 3.05) is 5.32 Å². The first kappa shape index (κ1) is 15.6. The van der Waals surface area contributed by atoms with Gasteiger partial charge >= 0.3 is 0 Å². The largest absolute Gasteiger partial charge is 0.323 e. The van der Waals surface area contributed by atoms with Gasteiger partial charge in [-0.25, -0.2) is 4.98 Å². The molecular weight excluding hydrogens is 310 g/mol. The van der Waals surface area contributed by atoms with Crippen LogP contribution in [0.2, 0.25) is 5.02 Å². The molecule has 0 aliphatic heterocycles. The number of carbonyl (C=O) groups is 1. The van der Waals surface area contributed by atoms with Gasteiger partial charge in [0.25, 0.3) is 0 Å². The van der Waals surface area contributed by atoms with Crippen LogP contribution < -0.4 is 5.32 Å². The van der Waals surface area contributed by atoms with Gasteiger partial charge in [0.05, 0.1) is 21.7 Å². The standard InChI is InChI=1S/C18H18ClN3O/c1-11-8-12(2)18(14(19)9-11)21-17(23)10-22-13(3)20-15-6-4-5-7-16(15)22/h4-9H,10H2,1-3H3,(H,21,23). The zero-order valence-electron chi connectivity index (χ0n) is 13.4. The Kier molecular flexibility index (Phi) is 4.09. The number of para-hydroxylation sites is 2. The Bertz CT molecular complexity index is 875. The van der Waals surface area contributed by atoms with Gasteiger partial charge in [0.1, 0.15) is 12.4 Å². The highest BCUT2D eigenvalue weighted by atomic mass is 35.5. The Morgan fingerprint density at radius 3 is 2.70 bits per heavy atom. The lowest BCUT2D eigenvalue weighted by Crippen LogP contribution is -2.20. The summed E-state index contributed by atoms with van der Waals surface area (Å²) in [6, 6.07) is 11.6. The minimum Gasteiger partial charge on any atom is -0.323 e. The summed E-state index contributed by atoms with van der Waals surface area (Å²) in [5.41, 5.74) is 4.54. The fourth-order valence-corrected chi connectivity index (χ4v) is 3.16. The van der Waals surface area contributed by atoms with E-state index < -0.39 is 0 Å². The molecule has 0 unspecified atom stereocenters. The predicted molar refractivity (Wildman–Crippen MR) is 94.0 cm³/mol. The fourth-order valence-electron chi connectivity index (χ4n) is 2.79. The molecule has 3 aromatic rings. The Balaban J connectivity index is 1.86. The number of nitrogens with one attached hydrogen (secondary N) is 1. The number of carbonyl (C=O) groups excluding carboxylic acids is 1. The van der Waals surface area contributed by atoms with Crippen molar-refractivity contribution in [3.8, 4) is 0 Å². The normalized spacial score (nSPS) is 11.0. The number of anilines is 1. The van der Waals surface area contributed by atoms with E-state index in [4.69, 9.17) is 11.6 Å². The molecule has 0 radical (unpaired) electrons. The van der Waals surface area contributed by atoms with Gasteiger partial charge in [0.15, 0.2) is 0 Å². The molecule has 0 aliphatic carbocycles. The van der Waals surface area contributed by atoms with Crippen LogP contribution >= 0.6 is 11.6 Å². The van der Waals surface area contributed by atoms with E-state index in [2.05, 4.69) is 10.3 Å².